The Labute approximate surface area is 104 Å². The number of carboxylic acids is 1. The molecule has 1 aromatic heterocycles. The highest BCUT2D eigenvalue weighted by atomic mass is 16.5. The first kappa shape index (κ1) is 13.7. The number of carbonyl (C=O) groups is 2. The number of aromatic carboxylic acids is 1. The van der Waals surface area contributed by atoms with Crippen molar-refractivity contribution in [1.82, 2.24) is 10.3 Å². The van der Waals surface area contributed by atoms with Crippen molar-refractivity contribution in [2.45, 2.75) is 6.42 Å². The second-order valence-electron chi connectivity index (χ2n) is 3.38. The number of carbonyl (C=O) groups excluding carboxylic acids is 1. The van der Waals surface area contributed by atoms with Gasteiger partial charge in [-0.15, -0.1) is 0 Å². The third-order valence-corrected chi connectivity index (χ3v) is 2.01. The molecule has 0 saturated carbocycles. The average Bonchev–Trinajstić information content (AvgIpc) is 2.36. The molecule has 0 fully saturated rings. The fourth-order valence-electron chi connectivity index (χ4n) is 1.22. The molecule has 0 bridgehead atoms. The van der Waals surface area contributed by atoms with Crippen LogP contribution in [0.15, 0.2) is 30.9 Å². The number of hydrogen-bond acceptors (Lipinski definition) is 4. The minimum absolute atomic E-state index is 0.0123. The summed E-state index contributed by atoms with van der Waals surface area (Å²) in [5.74, 6) is -1.07. The van der Waals surface area contributed by atoms with Gasteiger partial charge in [0.25, 0.3) is 0 Å². The number of nitrogens with zero attached hydrogens (tertiary/aromatic N) is 1. The van der Waals surface area contributed by atoms with Crippen molar-refractivity contribution in [2.75, 3.05) is 13.2 Å². The topological polar surface area (TPSA) is 88.5 Å². The Morgan fingerprint density at radius 3 is 2.94 bits per heavy atom. The molecule has 0 aromatic carbocycles. The minimum Gasteiger partial charge on any atom is -0.477 e. The molecular formula is C12H14N2O4. The van der Waals surface area contributed by atoms with Crippen molar-refractivity contribution in [2.24, 2.45) is 0 Å². The quantitative estimate of drug-likeness (QED) is 0.741. The van der Waals surface area contributed by atoms with Crippen molar-refractivity contribution in [3.8, 4) is 0 Å². The van der Waals surface area contributed by atoms with E-state index in [4.69, 9.17) is 9.84 Å². The van der Waals surface area contributed by atoms with Crippen LogP contribution in [0.1, 0.15) is 16.2 Å². The number of aromatic nitrogens is 1. The molecule has 18 heavy (non-hydrogen) atoms. The van der Waals surface area contributed by atoms with Crippen molar-refractivity contribution in [3.63, 3.8) is 0 Å². The molecule has 6 nitrogen and oxygen atoms in total. The van der Waals surface area contributed by atoms with Crippen LogP contribution in [-0.4, -0.2) is 35.3 Å². The van der Waals surface area contributed by atoms with Gasteiger partial charge in [0.05, 0.1) is 0 Å². The van der Waals surface area contributed by atoms with Gasteiger partial charge >= 0.3 is 12.1 Å². The van der Waals surface area contributed by atoms with Crippen molar-refractivity contribution >= 4 is 12.1 Å². The van der Waals surface area contributed by atoms with Crippen LogP contribution in [0.5, 0.6) is 0 Å². The molecule has 0 aliphatic carbocycles. The van der Waals surface area contributed by atoms with Crippen LogP contribution >= 0.6 is 0 Å². The van der Waals surface area contributed by atoms with Gasteiger partial charge in [-0.25, -0.2) is 14.6 Å². The van der Waals surface area contributed by atoms with Crippen LogP contribution in [0.25, 0.3) is 0 Å². The number of alkyl carbamates (subject to hydrolysis) is 1. The largest absolute Gasteiger partial charge is 0.477 e. The second-order valence-corrected chi connectivity index (χ2v) is 3.38. The SMILES string of the molecule is C=CCOC(=O)NCCc1cccc(C(=O)O)n1. The fraction of sp³-hybridized carbons (Fsp3) is 0.250. The molecule has 0 aliphatic rings. The first-order valence-electron chi connectivity index (χ1n) is 5.34. The lowest BCUT2D eigenvalue weighted by atomic mass is 10.2. The van der Waals surface area contributed by atoms with Crippen LogP contribution in [-0.2, 0) is 11.2 Å². The first-order valence-corrected chi connectivity index (χ1v) is 5.34. The number of rotatable bonds is 6. The third-order valence-electron chi connectivity index (χ3n) is 2.01. The van der Waals surface area contributed by atoms with Crippen molar-refractivity contribution in [3.05, 3.63) is 42.2 Å². The van der Waals surface area contributed by atoms with Gasteiger partial charge in [-0.3, -0.25) is 0 Å². The van der Waals surface area contributed by atoms with Gasteiger partial charge in [0.15, 0.2) is 0 Å². The van der Waals surface area contributed by atoms with Crippen molar-refractivity contribution in [1.29, 1.82) is 0 Å². The molecule has 1 amide bonds. The zero-order chi connectivity index (χ0) is 13.4. The van der Waals surface area contributed by atoms with Gasteiger partial charge in [-0.05, 0) is 12.1 Å². The summed E-state index contributed by atoms with van der Waals surface area (Å²) in [4.78, 5) is 25.7. The van der Waals surface area contributed by atoms with Crippen LogP contribution in [0.3, 0.4) is 0 Å². The lowest BCUT2D eigenvalue weighted by Gasteiger charge is -2.05. The van der Waals surface area contributed by atoms with E-state index >= 15 is 0 Å². The maximum atomic E-state index is 11.1. The molecule has 1 heterocycles. The van der Waals surface area contributed by atoms with E-state index in [9.17, 15) is 9.59 Å². The van der Waals surface area contributed by atoms with E-state index < -0.39 is 12.1 Å². The maximum absolute atomic E-state index is 11.1. The Morgan fingerprint density at radius 1 is 1.50 bits per heavy atom. The summed E-state index contributed by atoms with van der Waals surface area (Å²) in [6.45, 7) is 3.89. The predicted molar refractivity (Wildman–Crippen MR) is 64.4 cm³/mol. The second kappa shape index (κ2) is 7.05. The summed E-state index contributed by atoms with van der Waals surface area (Å²) in [5.41, 5.74) is 0.584. The molecule has 0 aliphatic heterocycles. The Bertz CT molecular complexity index is 445. The molecule has 0 unspecified atom stereocenters. The van der Waals surface area contributed by atoms with Gasteiger partial charge < -0.3 is 15.2 Å². The van der Waals surface area contributed by atoms with E-state index in [2.05, 4.69) is 16.9 Å². The standard InChI is InChI=1S/C12H14N2O4/c1-2-8-18-12(17)13-7-6-9-4-3-5-10(14-9)11(15)16/h2-5H,1,6-8H2,(H,13,17)(H,15,16). The lowest BCUT2D eigenvalue weighted by molar-refractivity contribution is 0.0690. The summed E-state index contributed by atoms with van der Waals surface area (Å²) in [6, 6.07) is 4.72. The monoisotopic (exact) mass is 250 g/mol. The molecule has 0 saturated heterocycles. The highest BCUT2D eigenvalue weighted by Crippen LogP contribution is 2.00. The summed E-state index contributed by atoms with van der Waals surface area (Å²) in [5, 5.41) is 11.3. The summed E-state index contributed by atoms with van der Waals surface area (Å²) < 4.78 is 4.71. The fourth-order valence-corrected chi connectivity index (χ4v) is 1.22. The van der Waals surface area contributed by atoms with E-state index in [1.54, 1.807) is 12.1 Å². The average molecular weight is 250 g/mol. The van der Waals surface area contributed by atoms with Gasteiger partial charge in [0.2, 0.25) is 0 Å². The molecule has 96 valence electrons. The molecule has 6 heteroatoms. The van der Waals surface area contributed by atoms with E-state index in [0.717, 1.165) is 0 Å². The van der Waals surface area contributed by atoms with Gasteiger partial charge in [-0.1, -0.05) is 18.7 Å². The minimum atomic E-state index is -1.07. The van der Waals surface area contributed by atoms with E-state index in [1.807, 2.05) is 0 Å². The highest BCUT2D eigenvalue weighted by molar-refractivity contribution is 5.85. The highest BCUT2D eigenvalue weighted by Gasteiger charge is 2.05. The van der Waals surface area contributed by atoms with Crippen LogP contribution in [0.2, 0.25) is 0 Å². The smallest absolute Gasteiger partial charge is 0.407 e. The van der Waals surface area contributed by atoms with Crippen LogP contribution < -0.4 is 5.32 Å². The predicted octanol–water partition coefficient (Wildman–Crippen LogP) is 1.23. The normalized spacial score (nSPS) is 9.56. The lowest BCUT2D eigenvalue weighted by Crippen LogP contribution is -2.26. The Hall–Kier alpha value is -2.37. The van der Waals surface area contributed by atoms with Gasteiger partial charge in [0, 0.05) is 18.7 Å². The Kier molecular flexibility index (Phi) is 5.37. The molecule has 0 atom stereocenters. The maximum Gasteiger partial charge on any atom is 0.407 e. The first-order chi connectivity index (χ1) is 8.63. The van der Waals surface area contributed by atoms with E-state index in [1.165, 1.54) is 12.1 Å². The third kappa shape index (κ3) is 4.65. The molecule has 1 rings (SSSR count). The number of ether oxygens (including phenoxy) is 1. The van der Waals surface area contributed by atoms with Crippen LogP contribution in [0, 0.1) is 0 Å². The summed E-state index contributed by atoms with van der Waals surface area (Å²) in [6.07, 6.45) is 1.37. The molecule has 0 radical (unpaired) electrons. The molecule has 0 spiro atoms. The van der Waals surface area contributed by atoms with Gasteiger partial charge in [0.1, 0.15) is 12.3 Å². The van der Waals surface area contributed by atoms with E-state index in [-0.39, 0.29) is 12.3 Å². The Morgan fingerprint density at radius 2 is 2.28 bits per heavy atom. The molecule has 1 aromatic rings. The molecule has 2 N–H and O–H groups in total. The van der Waals surface area contributed by atoms with E-state index in [0.29, 0.717) is 18.7 Å². The molecular weight excluding hydrogens is 236 g/mol. The number of nitrogens with one attached hydrogen (secondary N) is 1. The summed E-state index contributed by atoms with van der Waals surface area (Å²) >= 11 is 0. The number of carboxylic acid groups (broad SMARTS) is 1. The van der Waals surface area contributed by atoms with Crippen LogP contribution in [0.4, 0.5) is 4.79 Å². The Balaban J connectivity index is 2.39. The van der Waals surface area contributed by atoms with Crippen molar-refractivity contribution < 1.29 is 19.4 Å². The number of pyridine rings is 1. The summed E-state index contributed by atoms with van der Waals surface area (Å²) in [7, 11) is 0. The van der Waals surface area contributed by atoms with Gasteiger partial charge in [-0.2, -0.15) is 0 Å². The number of hydrogen-bond donors (Lipinski definition) is 2. The zero-order valence-corrected chi connectivity index (χ0v) is 9.76. The number of amides is 1. The zero-order valence-electron chi connectivity index (χ0n) is 9.76.